The monoisotopic (exact) mass is 409 g/mol. The van der Waals surface area contributed by atoms with E-state index in [0.29, 0.717) is 12.1 Å². The fourth-order valence-electron chi connectivity index (χ4n) is 1.77. The molecule has 13 heteroatoms. The molecule has 0 aliphatic carbocycles. The van der Waals surface area contributed by atoms with Gasteiger partial charge in [-0.1, -0.05) is 24.3 Å². The van der Waals surface area contributed by atoms with E-state index in [0.717, 1.165) is 6.07 Å². The van der Waals surface area contributed by atoms with Gasteiger partial charge in [0.05, 0.1) is 0 Å². The highest BCUT2D eigenvalue weighted by Gasteiger charge is 2.90. The molecule has 149 valence electrons. The molecule has 0 bridgehead atoms. The van der Waals surface area contributed by atoms with Gasteiger partial charge in [-0.05, 0) is 12.5 Å². The van der Waals surface area contributed by atoms with Gasteiger partial charge in [0.1, 0.15) is 0 Å². The summed E-state index contributed by atoms with van der Waals surface area (Å²) in [5, 5.41) is 0. The molecule has 0 amide bonds. The van der Waals surface area contributed by atoms with E-state index in [-0.39, 0.29) is 6.07 Å². The van der Waals surface area contributed by atoms with Crippen molar-refractivity contribution in [2.24, 2.45) is 0 Å². The largest absolute Gasteiger partial charge is 0.460 e. The summed E-state index contributed by atoms with van der Waals surface area (Å²) in [5.74, 6) is -37.0. The fraction of sp³-hybridized carbons (Fsp3) is 0.462. The topological polar surface area (TPSA) is 0 Å². The lowest BCUT2D eigenvalue weighted by atomic mass is 9.89. The van der Waals surface area contributed by atoms with Gasteiger partial charge in [0, 0.05) is 5.56 Å². The Bertz CT molecular complexity index is 656. The van der Waals surface area contributed by atoms with Crippen LogP contribution in [0, 0.1) is 6.92 Å². The van der Waals surface area contributed by atoms with E-state index in [1.165, 1.54) is 0 Å². The van der Waals surface area contributed by atoms with Gasteiger partial charge >= 0.3 is 35.8 Å². The normalized spacial score (nSPS) is 15.3. The number of rotatable bonds is 5. The van der Waals surface area contributed by atoms with Crippen molar-refractivity contribution in [3.8, 4) is 0 Å². The molecule has 0 aromatic heterocycles. The lowest BCUT2D eigenvalue weighted by Gasteiger charge is -2.40. The first-order valence-corrected chi connectivity index (χ1v) is 6.14. The highest BCUT2D eigenvalue weighted by Crippen LogP contribution is 2.62. The second-order valence-electron chi connectivity index (χ2n) is 5.03. The summed E-state index contributed by atoms with van der Waals surface area (Å²) < 4.78 is 169. The minimum Gasteiger partial charge on any atom is -0.194 e. The predicted octanol–water partition coefficient (Wildman–Crippen LogP) is 6.06. The van der Waals surface area contributed by atoms with Crippen molar-refractivity contribution in [2.45, 2.75) is 35.8 Å². The summed E-state index contributed by atoms with van der Waals surface area (Å²) in [6.45, 7) is 2.76. The summed E-state index contributed by atoms with van der Waals surface area (Å²) in [4.78, 5) is 0. The van der Waals surface area contributed by atoms with Crippen LogP contribution < -0.4 is 0 Å². The first-order valence-electron chi connectivity index (χ1n) is 6.14. The van der Waals surface area contributed by atoms with Crippen LogP contribution in [0.2, 0.25) is 0 Å². The average Bonchev–Trinajstić information content (AvgIpc) is 2.45. The molecule has 0 N–H and O–H groups in total. The Morgan fingerprint density at radius 3 is 1.31 bits per heavy atom. The highest BCUT2D eigenvalue weighted by molar-refractivity contribution is 5.35. The molecule has 0 nitrogen and oxygen atoms in total. The molecule has 0 saturated heterocycles. The molecule has 0 unspecified atom stereocenters. The summed E-state index contributed by atoms with van der Waals surface area (Å²) in [6, 6.07) is 2.10. The zero-order valence-corrected chi connectivity index (χ0v) is 11.9. The van der Waals surface area contributed by atoms with Crippen LogP contribution in [0.4, 0.5) is 57.1 Å². The van der Waals surface area contributed by atoms with E-state index in [9.17, 15) is 57.1 Å². The van der Waals surface area contributed by atoms with E-state index in [4.69, 9.17) is 0 Å². The number of hydrogen-bond donors (Lipinski definition) is 0. The molecular weight excluding hydrogens is 403 g/mol. The second-order valence-corrected chi connectivity index (χ2v) is 5.03. The van der Waals surface area contributed by atoms with E-state index >= 15 is 0 Å². The van der Waals surface area contributed by atoms with E-state index in [1.54, 1.807) is 0 Å². The molecule has 0 aliphatic heterocycles. The van der Waals surface area contributed by atoms with Crippen molar-refractivity contribution >= 4 is 0 Å². The maximum Gasteiger partial charge on any atom is 0.460 e. The Labute approximate surface area is 136 Å². The molecule has 0 fully saturated rings. The molecule has 0 spiro atoms. The Kier molecular flexibility index (Phi) is 5.08. The van der Waals surface area contributed by atoms with Crippen LogP contribution in [0.3, 0.4) is 0 Å². The lowest BCUT2D eigenvalue weighted by Crippen LogP contribution is -2.69. The SMILES string of the molecule is [CH2]c1ccccc1C(F)(F)C(F)(F)C(F)(F)C(F)(F)C(F)(F)C(F)(F)F. The maximum atomic E-state index is 13.8. The minimum absolute atomic E-state index is 0.0480. The van der Waals surface area contributed by atoms with Gasteiger partial charge in [0.2, 0.25) is 0 Å². The van der Waals surface area contributed by atoms with Crippen molar-refractivity contribution in [1.82, 2.24) is 0 Å². The molecule has 0 aliphatic rings. The Balaban J connectivity index is 3.61. The Hall–Kier alpha value is -1.69. The molecule has 1 aromatic rings. The summed E-state index contributed by atoms with van der Waals surface area (Å²) >= 11 is 0. The van der Waals surface area contributed by atoms with Gasteiger partial charge in [-0.2, -0.15) is 57.1 Å². The first kappa shape index (κ1) is 22.4. The standard InChI is InChI=1S/C13H6F13/c1-6-4-2-3-5-7(6)8(14,15)9(16,17)10(18,19)11(20,21)12(22,23)13(24,25)26/h2-5H,1H2. The second kappa shape index (κ2) is 5.91. The van der Waals surface area contributed by atoms with Crippen LogP contribution in [0.5, 0.6) is 0 Å². The van der Waals surface area contributed by atoms with Gasteiger partial charge in [-0.3, -0.25) is 0 Å². The third-order valence-electron chi connectivity index (χ3n) is 3.29. The molecule has 0 atom stereocenters. The average molecular weight is 409 g/mol. The summed E-state index contributed by atoms with van der Waals surface area (Å²) in [6.07, 6.45) is -7.42. The van der Waals surface area contributed by atoms with Crippen LogP contribution in [0.15, 0.2) is 24.3 Å². The molecule has 1 rings (SSSR count). The number of halogens is 13. The number of hydrogen-bond acceptors (Lipinski definition) is 0. The first-order chi connectivity index (χ1) is 11.3. The van der Waals surface area contributed by atoms with Crippen molar-refractivity contribution in [2.75, 3.05) is 0 Å². The van der Waals surface area contributed by atoms with Crippen LogP contribution in [-0.2, 0) is 5.92 Å². The van der Waals surface area contributed by atoms with Gasteiger partial charge in [0.15, 0.2) is 0 Å². The van der Waals surface area contributed by atoms with Gasteiger partial charge < -0.3 is 0 Å². The van der Waals surface area contributed by atoms with Crippen molar-refractivity contribution in [3.63, 3.8) is 0 Å². The zero-order valence-electron chi connectivity index (χ0n) is 11.9. The molecule has 0 saturated carbocycles. The van der Waals surface area contributed by atoms with Crippen LogP contribution >= 0.6 is 0 Å². The summed E-state index contributed by atoms with van der Waals surface area (Å²) in [7, 11) is 0. The van der Waals surface area contributed by atoms with E-state index < -0.39 is 46.9 Å². The van der Waals surface area contributed by atoms with Crippen LogP contribution in [0.25, 0.3) is 0 Å². The number of alkyl halides is 13. The molecule has 1 aromatic carbocycles. The van der Waals surface area contributed by atoms with Crippen molar-refractivity contribution in [1.29, 1.82) is 0 Å². The quantitative estimate of drug-likeness (QED) is 0.519. The highest BCUT2D eigenvalue weighted by atomic mass is 19.4. The summed E-state index contributed by atoms with van der Waals surface area (Å²) in [5.41, 5.74) is -3.13. The fourth-order valence-corrected chi connectivity index (χ4v) is 1.77. The zero-order chi connectivity index (χ0) is 21.0. The predicted molar refractivity (Wildman–Crippen MR) is 60.6 cm³/mol. The van der Waals surface area contributed by atoms with E-state index in [1.807, 2.05) is 0 Å². The van der Waals surface area contributed by atoms with Gasteiger partial charge in [0.25, 0.3) is 0 Å². The van der Waals surface area contributed by atoms with Crippen molar-refractivity contribution < 1.29 is 57.1 Å². The third kappa shape index (κ3) is 2.79. The lowest BCUT2D eigenvalue weighted by molar-refractivity contribution is -0.441. The number of benzene rings is 1. The molecule has 0 heterocycles. The van der Waals surface area contributed by atoms with Gasteiger partial charge in [-0.15, -0.1) is 0 Å². The van der Waals surface area contributed by atoms with E-state index in [2.05, 4.69) is 6.92 Å². The van der Waals surface area contributed by atoms with Crippen LogP contribution in [0.1, 0.15) is 11.1 Å². The van der Waals surface area contributed by atoms with Crippen LogP contribution in [-0.4, -0.2) is 29.9 Å². The molecule has 1 radical (unpaired) electrons. The minimum atomic E-state index is -7.90. The Morgan fingerprint density at radius 1 is 0.538 bits per heavy atom. The maximum absolute atomic E-state index is 13.8. The van der Waals surface area contributed by atoms with Crippen molar-refractivity contribution in [3.05, 3.63) is 42.3 Å². The molecular formula is C13H6F13. The smallest absolute Gasteiger partial charge is 0.194 e. The molecule has 26 heavy (non-hydrogen) atoms. The third-order valence-corrected chi connectivity index (χ3v) is 3.29. The van der Waals surface area contributed by atoms with Gasteiger partial charge in [-0.25, -0.2) is 0 Å². The Morgan fingerprint density at radius 2 is 0.923 bits per heavy atom.